The third-order valence-electron chi connectivity index (χ3n) is 4.99. The summed E-state index contributed by atoms with van der Waals surface area (Å²) in [4.78, 5) is 4.07. The Morgan fingerprint density at radius 3 is 2.74 bits per heavy atom. The second-order valence-electron chi connectivity index (χ2n) is 5.91. The molecule has 2 fully saturated rings. The van der Waals surface area contributed by atoms with E-state index in [4.69, 9.17) is 4.74 Å². The molecule has 0 amide bonds. The predicted octanol–water partition coefficient (Wildman–Crippen LogP) is 2.91. The van der Waals surface area contributed by atoms with E-state index in [1.165, 1.54) is 37.7 Å². The van der Waals surface area contributed by atoms with Crippen LogP contribution in [0.1, 0.15) is 44.6 Å². The Balaban J connectivity index is 1.59. The van der Waals surface area contributed by atoms with Gasteiger partial charge in [-0.3, -0.25) is 4.98 Å². The molecule has 3 rings (SSSR count). The number of nitrogens with zero attached hydrogens (tertiary/aromatic N) is 1. The van der Waals surface area contributed by atoms with Gasteiger partial charge in [-0.15, -0.1) is 0 Å². The van der Waals surface area contributed by atoms with Crippen LogP contribution in [-0.2, 0) is 11.3 Å². The molecule has 0 radical (unpaired) electrons. The molecule has 0 bridgehead atoms. The highest BCUT2D eigenvalue weighted by molar-refractivity contribution is 5.13. The number of rotatable bonds is 5. The van der Waals surface area contributed by atoms with E-state index in [9.17, 15) is 0 Å². The van der Waals surface area contributed by atoms with Gasteiger partial charge in [-0.05, 0) is 43.9 Å². The van der Waals surface area contributed by atoms with Crippen LogP contribution in [0.15, 0.2) is 24.5 Å². The van der Waals surface area contributed by atoms with E-state index in [1.807, 2.05) is 12.4 Å². The maximum atomic E-state index is 5.95. The summed E-state index contributed by atoms with van der Waals surface area (Å²) in [7, 11) is 0. The first kappa shape index (κ1) is 13.1. The molecule has 3 heteroatoms. The number of nitrogens with one attached hydrogen (secondary N) is 1. The highest BCUT2D eigenvalue weighted by Crippen LogP contribution is 2.54. The summed E-state index contributed by atoms with van der Waals surface area (Å²) in [5, 5.41) is 3.75. The molecule has 2 aliphatic carbocycles. The minimum absolute atomic E-state index is 0.434. The predicted molar refractivity (Wildman–Crippen MR) is 75.8 cm³/mol. The van der Waals surface area contributed by atoms with E-state index >= 15 is 0 Å². The lowest BCUT2D eigenvalue weighted by molar-refractivity contribution is -0.130. The number of ether oxygens (including phenoxy) is 1. The van der Waals surface area contributed by atoms with E-state index in [0.29, 0.717) is 17.6 Å². The fourth-order valence-electron chi connectivity index (χ4n) is 3.91. The zero-order chi connectivity index (χ0) is 13.1. The molecule has 0 aliphatic heterocycles. The third kappa shape index (κ3) is 2.41. The molecule has 104 valence electrons. The first-order chi connectivity index (χ1) is 9.35. The number of pyridine rings is 1. The van der Waals surface area contributed by atoms with E-state index in [0.717, 1.165) is 13.2 Å². The topological polar surface area (TPSA) is 34.1 Å². The van der Waals surface area contributed by atoms with Crippen molar-refractivity contribution in [2.24, 2.45) is 5.41 Å². The summed E-state index contributed by atoms with van der Waals surface area (Å²) < 4.78 is 5.95. The minimum atomic E-state index is 0.434. The van der Waals surface area contributed by atoms with Crippen molar-refractivity contribution in [2.75, 3.05) is 6.61 Å². The van der Waals surface area contributed by atoms with Crippen LogP contribution in [-0.4, -0.2) is 23.7 Å². The van der Waals surface area contributed by atoms with Crippen LogP contribution >= 0.6 is 0 Å². The first-order valence-electron chi connectivity index (χ1n) is 7.59. The third-order valence-corrected chi connectivity index (χ3v) is 4.99. The molecule has 0 saturated heterocycles. The Kier molecular flexibility index (Phi) is 3.85. The summed E-state index contributed by atoms with van der Waals surface area (Å²) in [6, 6.07) is 4.82. The summed E-state index contributed by atoms with van der Waals surface area (Å²) in [6.45, 7) is 3.91. The molecule has 1 N–H and O–H groups in total. The van der Waals surface area contributed by atoms with Crippen molar-refractivity contribution in [3.05, 3.63) is 30.1 Å². The Hall–Kier alpha value is -0.930. The molecule has 0 aromatic carbocycles. The van der Waals surface area contributed by atoms with Gasteiger partial charge >= 0.3 is 0 Å². The Bertz CT molecular complexity index is 400. The molecule has 2 atom stereocenters. The molecule has 19 heavy (non-hydrogen) atoms. The number of hydrogen-bond donors (Lipinski definition) is 1. The molecule has 3 nitrogen and oxygen atoms in total. The van der Waals surface area contributed by atoms with Crippen LogP contribution in [0.25, 0.3) is 0 Å². The van der Waals surface area contributed by atoms with E-state index in [-0.39, 0.29) is 0 Å². The van der Waals surface area contributed by atoms with Crippen molar-refractivity contribution in [3.8, 4) is 0 Å². The highest BCUT2D eigenvalue weighted by Gasteiger charge is 2.56. The zero-order valence-corrected chi connectivity index (χ0v) is 11.8. The van der Waals surface area contributed by atoms with Crippen molar-refractivity contribution < 1.29 is 4.74 Å². The van der Waals surface area contributed by atoms with Crippen molar-refractivity contribution in [3.63, 3.8) is 0 Å². The summed E-state index contributed by atoms with van der Waals surface area (Å²) >= 11 is 0. The van der Waals surface area contributed by atoms with Crippen LogP contribution < -0.4 is 5.32 Å². The Morgan fingerprint density at radius 2 is 2.05 bits per heavy atom. The maximum Gasteiger partial charge on any atom is 0.0661 e. The van der Waals surface area contributed by atoms with Gasteiger partial charge in [0.2, 0.25) is 0 Å². The SMILES string of the molecule is CCOC1CC(NCc2ccncc2)C12CCCC2. The van der Waals surface area contributed by atoms with Crippen LogP contribution in [0.3, 0.4) is 0 Å². The Labute approximate surface area is 115 Å². The van der Waals surface area contributed by atoms with Crippen molar-refractivity contribution >= 4 is 0 Å². The van der Waals surface area contributed by atoms with Crippen molar-refractivity contribution in [2.45, 2.75) is 57.7 Å². The largest absolute Gasteiger partial charge is 0.378 e. The normalized spacial score (nSPS) is 28.5. The fourth-order valence-corrected chi connectivity index (χ4v) is 3.91. The first-order valence-corrected chi connectivity index (χ1v) is 7.59. The number of hydrogen-bond acceptors (Lipinski definition) is 3. The lowest BCUT2D eigenvalue weighted by Crippen LogP contribution is -2.62. The molecule has 2 aliphatic rings. The van der Waals surface area contributed by atoms with E-state index in [1.54, 1.807) is 0 Å². The van der Waals surface area contributed by atoms with Gasteiger partial charge in [0.25, 0.3) is 0 Å². The summed E-state index contributed by atoms with van der Waals surface area (Å²) in [5.74, 6) is 0. The van der Waals surface area contributed by atoms with Crippen LogP contribution in [0.4, 0.5) is 0 Å². The van der Waals surface area contributed by atoms with Gasteiger partial charge < -0.3 is 10.1 Å². The maximum absolute atomic E-state index is 5.95. The average molecular weight is 260 g/mol. The van der Waals surface area contributed by atoms with Crippen molar-refractivity contribution in [1.29, 1.82) is 0 Å². The molecule has 2 saturated carbocycles. The van der Waals surface area contributed by atoms with Gasteiger partial charge in [-0.1, -0.05) is 12.8 Å². The zero-order valence-electron chi connectivity index (χ0n) is 11.8. The molecule has 1 spiro atoms. The van der Waals surface area contributed by atoms with Gasteiger partial charge in [0, 0.05) is 37.0 Å². The van der Waals surface area contributed by atoms with Gasteiger partial charge in [0.15, 0.2) is 0 Å². The summed E-state index contributed by atoms with van der Waals surface area (Å²) in [6.07, 6.45) is 10.8. The highest BCUT2D eigenvalue weighted by atomic mass is 16.5. The number of aromatic nitrogens is 1. The molecular formula is C16H24N2O. The monoisotopic (exact) mass is 260 g/mol. The average Bonchev–Trinajstić information content (AvgIpc) is 2.95. The van der Waals surface area contributed by atoms with Crippen molar-refractivity contribution in [1.82, 2.24) is 10.3 Å². The molecular weight excluding hydrogens is 236 g/mol. The minimum Gasteiger partial charge on any atom is -0.378 e. The fraction of sp³-hybridized carbons (Fsp3) is 0.688. The molecule has 1 aromatic rings. The Morgan fingerprint density at radius 1 is 1.32 bits per heavy atom. The summed E-state index contributed by atoms with van der Waals surface area (Å²) in [5.41, 5.74) is 1.76. The lowest BCUT2D eigenvalue weighted by Gasteiger charge is -2.54. The van der Waals surface area contributed by atoms with E-state index in [2.05, 4.69) is 29.4 Å². The van der Waals surface area contributed by atoms with Crippen LogP contribution in [0.5, 0.6) is 0 Å². The second kappa shape index (κ2) is 5.59. The second-order valence-corrected chi connectivity index (χ2v) is 5.91. The molecule has 2 unspecified atom stereocenters. The lowest BCUT2D eigenvalue weighted by atomic mass is 9.60. The smallest absolute Gasteiger partial charge is 0.0661 e. The van der Waals surface area contributed by atoms with Gasteiger partial charge in [0.1, 0.15) is 0 Å². The van der Waals surface area contributed by atoms with Crippen LogP contribution in [0, 0.1) is 5.41 Å². The van der Waals surface area contributed by atoms with Gasteiger partial charge in [-0.25, -0.2) is 0 Å². The van der Waals surface area contributed by atoms with Gasteiger partial charge in [0.05, 0.1) is 6.10 Å². The molecule has 1 heterocycles. The standard InChI is InChI=1S/C16H24N2O/c1-2-19-15-11-14(16(15)7-3-4-8-16)18-12-13-5-9-17-10-6-13/h5-6,9-10,14-15,18H,2-4,7-8,11-12H2,1H3. The van der Waals surface area contributed by atoms with E-state index < -0.39 is 0 Å². The molecule has 1 aromatic heterocycles. The quantitative estimate of drug-likeness (QED) is 0.884. The van der Waals surface area contributed by atoms with Crippen LogP contribution in [0.2, 0.25) is 0 Å². The van der Waals surface area contributed by atoms with Gasteiger partial charge in [-0.2, -0.15) is 0 Å².